The molecular weight excluding hydrogens is 373 g/mol. The second kappa shape index (κ2) is 7.69. The normalized spacial score (nSPS) is 19.5. The number of allylic oxidation sites excluding steroid dienone is 1. The summed E-state index contributed by atoms with van der Waals surface area (Å²) >= 11 is 1.48. The molecular formula is C22H20FN3OS. The van der Waals surface area contributed by atoms with Gasteiger partial charge in [-0.15, -0.1) is 0 Å². The van der Waals surface area contributed by atoms with Crippen molar-refractivity contribution in [1.29, 1.82) is 5.26 Å². The molecule has 6 heteroatoms. The number of amides is 1. The Bertz CT molecular complexity index is 997. The molecule has 2 aromatic rings. The minimum atomic E-state index is -0.521. The molecule has 28 heavy (non-hydrogen) atoms. The first-order chi connectivity index (χ1) is 13.6. The van der Waals surface area contributed by atoms with E-state index >= 15 is 0 Å². The van der Waals surface area contributed by atoms with Crippen LogP contribution in [0.5, 0.6) is 0 Å². The molecule has 0 unspecified atom stereocenters. The highest BCUT2D eigenvalue weighted by Crippen LogP contribution is 2.44. The molecule has 0 spiro atoms. The summed E-state index contributed by atoms with van der Waals surface area (Å²) in [4.78, 5) is 16.8. The Labute approximate surface area is 168 Å². The lowest BCUT2D eigenvalue weighted by molar-refractivity contribution is -0.129. The molecule has 1 fully saturated rings. The lowest BCUT2D eigenvalue weighted by Crippen LogP contribution is -2.47. The molecule has 142 valence electrons. The standard InChI is InChI=1S/C22H20FN3OS/c1-2-15-7-3-6-10-20(15)25-13-26-21(27)11-17(16-8-4-5-9-19(16)23)18(12-24)22(26)28-14-25/h3-10,17H,2,11,13-14H2,1H3/t17-/m0/s1. The monoisotopic (exact) mass is 393 g/mol. The lowest BCUT2D eigenvalue weighted by atomic mass is 9.86. The number of benzene rings is 2. The third-order valence-corrected chi connectivity index (χ3v) is 6.44. The van der Waals surface area contributed by atoms with Gasteiger partial charge in [-0.2, -0.15) is 5.26 Å². The maximum Gasteiger partial charge on any atom is 0.229 e. The van der Waals surface area contributed by atoms with Gasteiger partial charge < -0.3 is 4.90 Å². The molecule has 1 saturated heterocycles. The van der Waals surface area contributed by atoms with Crippen LogP contribution in [0, 0.1) is 17.1 Å². The summed E-state index contributed by atoms with van der Waals surface area (Å²) in [6, 6.07) is 16.8. The summed E-state index contributed by atoms with van der Waals surface area (Å²) in [5, 5.41) is 10.5. The van der Waals surface area contributed by atoms with Gasteiger partial charge in [-0.3, -0.25) is 9.69 Å². The molecule has 0 aliphatic carbocycles. The molecule has 2 aliphatic rings. The van der Waals surface area contributed by atoms with Crippen LogP contribution in [0.1, 0.15) is 30.4 Å². The number of para-hydroxylation sites is 1. The predicted octanol–water partition coefficient (Wildman–Crippen LogP) is 4.61. The van der Waals surface area contributed by atoms with E-state index in [4.69, 9.17) is 0 Å². The first-order valence-electron chi connectivity index (χ1n) is 9.28. The van der Waals surface area contributed by atoms with Crippen LogP contribution in [0.25, 0.3) is 0 Å². The molecule has 4 nitrogen and oxygen atoms in total. The number of anilines is 1. The second-order valence-corrected chi connectivity index (χ2v) is 7.80. The third-order valence-electron chi connectivity index (χ3n) is 5.29. The molecule has 0 aromatic heterocycles. The molecule has 1 atom stereocenters. The second-order valence-electron chi connectivity index (χ2n) is 6.87. The predicted molar refractivity (Wildman–Crippen MR) is 109 cm³/mol. The van der Waals surface area contributed by atoms with E-state index in [0.717, 1.165) is 12.1 Å². The van der Waals surface area contributed by atoms with E-state index in [2.05, 4.69) is 30.0 Å². The number of halogens is 1. The van der Waals surface area contributed by atoms with E-state index < -0.39 is 5.92 Å². The quantitative estimate of drug-likeness (QED) is 0.764. The Morgan fingerprint density at radius 2 is 1.96 bits per heavy atom. The van der Waals surface area contributed by atoms with Gasteiger partial charge in [0.15, 0.2) is 0 Å². The summed E-state index contributed by atoms with van der Waals surface area (Å²) in [5.74, 6) is -0.326. The number of fused-ring (bicyclic) bond motifs is 1. The summed E-state index contributed by atoms with van der Waals surface area (Å²) in [7, 11) is 0. The average Bonchev–Trinajstić information content (AvgIpc) is 2.74. The fourth-order valence-corrected chi connectivity index (χ4v) is 5.01. The zero-order valence-corrected chi connectivity index (χ0v) is 16.4. The van der Waals surface area contributed by atoms with Gasteiger partial charge in [0, 0.05) is 18.0 Å². The molecule has 4 rings (SSSR count). The lowest BCUT2D eigenvalue weighted by Gasteiger charge is -2.42. The highest BCUT2D eigenvalue weighted by molar-refractivity contribution is 8.03. The molecule has 2 aromatic carbocycles. The van der Waals surface area contributed by atoms with E-state index in [0.29, 0.717) is 28.7 Å². The van der Waals surface area contributed by atoms with Gasteiger partial charge in [-0.05, 0) is 29.7 Å². The van der Waals surface area contributed by atoms with E-state index in [1.54, 1.807) is 23.1 Å². The third kappa shape index (κ3) is 3.16. The van der Waals surface area contributed by atoms with Crippen LogP contribution < -0.4 is 4.90 Å². The summed E-state index contributed by atoms with van der Waals surface area (Å²) < 4.78 is 14.3. The number of hydrogen-bond donors (Lipinski definition) is 0. The smallest absolute Gasteiger partial charge is 0.229 e. The van der Waals surface area contributed by atoms with E-state index in [1.165, 1.54) is 23.4 Å². The van der Waals surface area contributed by atoms with Crippen LogP contribution in [-0.4, -0.2) is 23.4 Å². The van der Waals surface area contributed by atoms with Crippen molar-refractivity contribution in [2.75, 3.05) is 17.4 Å². The molecule has 1 amide bonds. The molecule has 2 heterocycles. The Kier molecular flexibility index (Phi) is 5.10. The molecule has 2 aliphatic heterocycles. The van der Waals surface area contributed by atoms with Crippen molar-refractivity contribution >= 4 is 23.4 Å². The number of hydrogen-bond acceptors (Lipinski definition) is 4. The Balaban J connectivity index is 1.69. The van der Waals surface area contributed by atoms with Gasteiger partial charge in [0.25, 0.3) is 0 Å². The van der Waals surface area contributed by atoms with Gasteiger partial charge in [0.2, 0.25) is 5.91 Å². The first kappa shape index (κ1) is 18.6. The van der Waals surface area contributed by atoms with E-state index in [1.807, 2.05) is 12.1 Å². The number of thioether (sulfide) groups is 1. The highest BCUT2D eigenvalue weighted by atomic mass is 32.2. The minimum Gasteiger partial charge on any atom is -0.343 e. The fraction of sp³-hybridized carbons (Fsp3) is 0.273. The number of carbonyl (C=O) groups is 1. The van der Waals surface area contributed by atoms with Gasteiger partial charge in [-0.1, -0.05) is 55.1 Å². The number of rotatable bonds is 3. The molecule has 0 radical (unpaired) electrons. The van der Waals surface area contributed by atoms with Crippen molar-refractivity contribution in [2.24, 2.45) is 0 Å². The Morgan fingerprint density at radius 1 is 1.21 bits per heavy atom. The van der Waals surface area contributed by atoms with Crippen LogP contribution >= 0.6 is 11.8 Å². The number of nitrogens with zero attached hydrogens (tertiary/aromatic N) is 3. The van der Waals surface area contributed by atoms with Crippen molar-refractivity contribution in [3.8, 4) is 6.07 Å². The van der Waals surface area contributed by atoms with Gasteiger partial charge in [0.05, 0.1) is 29.2 Å². The number of carbonyl (C=O) groups excluding carboxylic acids is 1. The van der Waals surface area contributed by atoms with E-state index in [9.17, 15) is 14.4 Å². The van der Waals surface area contributed by atoms with Crippen molar-refractivity contribution in [1.82, 2.24) is 4.90 Å². The summed E-state index contributed by atoms with van der Waals surface area (Å²) in [5.41, 5.74) is 3.24. The number of nitriles is 1. The van der Waals surface area contributed by atoms with Crippen LogP contribution in [0.4, 0.5) is 10.1 Å². The zero-order valence-electron chi connectivity index (χ0n) is 15.6. The van der Waals surface area contributed by atoms with E-state index in [-0.39, 0.29) is 18.1 Å². The number of aryl methyl sites for hydroxylation is 1. The van der Waals surface area contributed by atoms with Gasteiger partial charge >= 0.3 is 0 Å². The maximum atomic E-state index is 14.3. The largest absolute Gasteiger partial charge is 0.343 e. The van der Waals surface area contributed by atoms with Gasteiger partial charge in [-0.25, -0.2) is 4.39 Å². The van der Waals surface area contributed by atoms with Crippen molar-refractivity contribution in [2.45, 2.75) is 25.7 Å². The highest BCUT2D eigenvalue weighted by Gasteiger charge is 2.39. The van der Waals surface area contributed by atoms with Gasteiger partial charge in [0.1, 0.15) is 5.82 Å². The van der Waals surface area contributed by atoms with Crippen molar-refractivity contribution in [3.63, 3.8) is 0 Å². The first-order valence-corrected chi connectivity index (χ1v) is 10.3. The van der Waals surface area contributed by atoms with Crippen LogP contribution in [0.15, 0.2) is 59.1 Å². The SMILES string of the molecule is CCc1ccccc1N1CSC2=C(C#N)[C@H](c3ccccc3F)CC(=O)N2C1. The minimum absolute atomic E-state index is 0.0755. The summed E-state index contributed by atoms with van der Waals surface area (Å²) in [6.07, 6.45) is 1.02. The Morgan fingerprint density at radius 3 is 2.71 bits per heavy atom. The molecule has 0 saturated carbocycles. The maximum absolute atomic E-state index is 14.3. The van der Waals surface area contributed by atoms with Crippen LogP contribution in [0.3, 0.4) is 0 Å². The average molecular weight is 393 g/mol. The van der Waals surface area contributed by atoms with Crippen LogP contribution in [-0.2, 0) is 11.2 Å². The summed E-state index contributed by atoms with van der Waals surface area (Å²) in [6.45, 7) is 2.52. The molecule has 0 bridgehead atoms. The van der Waals surface area contributed by atoms with Crippen LogP contribution in [0.2, 0.25) is 0 Å². The fourth-order valence-electron chi connectivity index (χ4n) is 3.86. The van der Waals surface area contributed by atoms with Crippen molar-refractivity contribution < 1.29 is 9.18 Å². The molecule has 0 N–H and O–H groups in total. The topological polar surface area (TPSA) is 47.3 Å². The van der Waals surface area contributed by atoms with Crippen molar-refractivity contribution in [3.05, 3.63) is 76.1 Å². The Hall–Kier alpha value is -2.78. The zero-order chi connectivity index (χ0) is 19.7.